The third kappa shape index (κ3) is 6.79. The molecule has 4 aromatic rings. The first kappa shape index (κ1) is 30.1. The summed E-state index contributed by atoms with van der Waals surface area (Å²) in [6.07, 6.45) is 2.65. The van der Waals surface area contributed by atoms with E-state index in [1.54, 1.807) is 62.6 Å². The summed E-state index contributed by atoms with van der Waals surface area (Å²) < 4.78 is 6.55. The molecule has 0 bridgehead atoms. The number of nitrogens with zero attached hydrogens (tertiary/aromatic N) is 2. The Morgan fingerprint density at radius 1 is 0.955 bits per heavy atom. The van der Waals surface area contributed by atoms with Crippen molar-refractivity contribution in [3.8, 4) is 11.3 Å². The first-order chi connectivity index (χ1) is 21.2. The smallest absolute Gasteiger partial charge is 0.306 e. The molecular weight excluding hydrogens is 562 g/mol. The van der Waals surface area contributed by atoms with E-state index in [0.29, 0.717) is 28.9 Å². The molecule has 1 saturated heterocycles. The number of hydrogen-bond acceptors (Lipinski definition) is 8. The summed E-state index contributed by atoms with van der Waals surface area (Å²) in [5, 5.41) is 8.25. The molecule has 2 aromatic heterocycles. The highest BCUT2D eigenvalue weighted by Gasteiger charge is 2.30. The zero-order chi connectivity index (χ0) is 31.2. The monoisotopic (exact) mass is 593 g/mol. The Hall–Kier alpha value is -5.42. The Kier molecular flexibility index (Phi) is 9.06. The summed E-state index contributed by atoms with van der Waals surface area (Å²) in [6, 6.07) is 20.3. The van der Waals surface area contributed by atoms with Crippen molar-refractivity contribution >= 4 is 34.9 Å². The number of anilines is 2. The Labute approximate surface area is 253 Å². The van der Waals surface area contributed by atoms with Gasteiger partial charge in [0.05, 0.1) is 18.3 Å². The topological polar surface area (TPSA) is 148 Å². The summed E-state index contributed by atoms with van der Waals surface area (Å²) in [7, 11) is 1.66. The van der Waals surface area contributed by atoms with Gasteiger partial charge in [0.25, 0.3) is 11.5 Å². The molecule has 0 radical (unpaired) electrons. The SMILES string of the molecule is CN[C@@H](C)C(=O)Nc1ccc(-c2ccccc2)n(Cc2cncc(C(=O)c3cccc(NC(=O)C4CCC(=O)O4)c3)c2)c1=O. The maximum Gasteiger partial charge on any atom is 0.306 e. The molecule has 44 heavy (non-hydrogen) atoms. The van der Waals surface area contributed by atoms with E-state index in [4.69, 9.17) is 4.74 Å². The minimum absolute atomic E-state index is 0.0820. The number of hydrogen-bond donors (Lipinski definition) is 3. The fraction of sp³-hybridized carbons (Fsp3) is 0.212. The number of esters is 1. The van der Waals surface area contributed by atoms with Gasteiger partial charge in [-0.15, -0.1) is 0 Å². The van der Waals surface area contributed by atoms with Crippen LogP contribution < -0.4 is 21.5 Å². The molecule has 0 spiro atoms. The quantitative estimate of drug-likeness (QED) is 0.187. The van der Waals surface area contributed by atoms with Crippen LogP contribution in [0.25, 0.3) is 11.3 Å². The Morgan fingerprint density at radius 3 is 2.48 bits per heavy atom. The van der Waals surface area contributed by atoms with Crippen LogP contribution in [0.5, 0.6) is 0 Å². The van der Waals surface area contributed by atoms with Crippen LogP contribution in [0, 0.1) is 0 Å². The molecule has 3 N–H and O–H groups in total. The first-order valence-electron chi connectivity index (χ1n) is 14.1. The molecule has 2 atom stereocenters. The lowest BCUT2D eigenvalue weighted by molar-refractivity contribution is -0.146. The first-order valence-corrected chi connectivity index (χ1v) is 14.1. The van der Waals surface area contributed by atoms with E-state index in [2.05, 4.69) is 20.9 Å². The van der Waals surface area contributed by atoms with Crippen LogP contribution in [0.15, 0.2) is 90.0 Å². The second kappa shape index (κ2) is 13.3. The number of amides is 2. The van der Waals surface area contributed by atoms with Crippen LogP contribution >= 0.6 is 0 Å². The molecule has 224 valence electrons. The Bertz CT molecular complexity index is 1790. The number of aromatic nitrogens is 2. The predicted molar refractivity (Wildman–Crippen MR) is 164 cm³/mol. The minimum Gasteiger partial charge on any atom is -0.452 e. The fourth-order valence-electron chi connectivity index (χ4n) is 4.78. The van der Waals surface area contributed by atoms with Gasteiger partial charge in [-0.05, 0) is 55.4 Å². The van der Waals surface area contributed by atoms with E-state index in [0.717, 1.165) is 5.56 Å². The second-order valence-electron chi connectivity index (χ2n) is 10.4. The summed E-state index contributed by atoms with van der Waals surface area (Å²) in [5.41, 5.74) is 2.74. The number of benzene rings is 2. The molecule has 0 saturated carbocycles. The molecule has 2 amide bonds. The summed E-state index contributed by atoms with van der Waals surface area (Å²) in [6.45, 7) is 1.77. The number of pyridine rings is 2. The lowest BCUT2D eigenvalue weighted by atomic mass is 10.0. The highest BCUT2D eigenvalue weighted by atomic mass is 16.6. The summed E-state index contributed by atoms with van der Waals surface area (Å²) >= 11 is 0. The maximum absolute atomic E-state index is 13.7. The third-order valence-corrected chi connectivity index (χ3v) is 7.29. The number of ether oxygens (including phenoxy) is 1. The predicted octanol–water partition coefficient (Wildman–Crippen LogP) is 3.38. The lowest BCUT2D eigenvalue weighted by Crippen LogP contribution is -2.37. The van der Waals surface area contributed by atoms with Gasteiger partial charge in [0.15, 0.2) is 11.9 Å². The molecule has 3 heterocycles. The van der Waals surface area contributed by atoms with Crippen molar-refractivity contribution < 1.29 is 23.9 Å². The maximum atomic E-state index is 13.7. The summed E-state index contributed by atoms with van der Waals surface area (Å²) in [4.78, 5) is 67.8. The number of carbonyl (C=O) groups is 4. The van der Waals surface area contributed by atoms with Gasteiger partial charge in [0.1, 0.15) is 5.69 Å². The number of nitrogens with one attached hydrogen (secondary N) is 3. The number of carbonyl (C=O) groups excluding carboxylic acids is 4. The van der Waals surface area contributed by atoms with Gasteiger partial charge in [-0.1, -0.05) is 42.5 Å². The van der Waals surface area contributed by atoms with Gasteiger partial charge in [-0.2, -0.15) is 0 Å². The molecule has 1 aliphatic rings. The number of likely N-dealkylation sites (N-methyl/N-ethyl adjacent to an activating group) is 1. The minimum atomic E-state index is -0.856. The van der Waals surface area contributed by atoms with Crippen LogP contribution in [0.2, 0.25) is 0 Å². The standard InChI is InChI=1S/C33H31N5O6/c1-20(34-2)31(41)37-26-11-12-27(22-7-4-3-5-8-22)38(33(26)43)19-21-15-24(18-35-17-21)30(40)23-9-6-10-25(16-23)36-32(42)28-13-14-29(39)44-28/h3-12,15-18,20,28,34H,13-14,19H2,1-2H3,(H,36,42)(H,37,41)/t20-,28?/m0/s1. The largest absolute Gasteiger partial charge is 0.452 e. The number of rotatable bonds is 10. The molecule has 11 heteroatoms. The van der Waals surface area contributed by atoms with Crippen molar-refractivity contribution in [2.75, 3.05) is 17.7 Å². The molecular formula is C33H31N5O6. The van der Waals surface area contributed by atoms with Gasteiger partial charge in [0.2, 0.25) is 5.91 Å². The zero-order valence-corrected chi connectivity index (χ0v) is 24.2. The van der Waals surface area contributed by atoms with Crippen LogP contribution in [-0.2, 0) is 25.7 Å². The molecule has 2 aromatic carbocycles. The van der Waals surface area contributed by atoms with Crippen LogP contribution in [-0.4, -0.2) is 52.3 Å². The van der Waals surface area contributed by atoms with E-state index in [1.165, 1.54) is 10.8 Å². The molecule has 11 nitrogen and oxygen atoms in total. The van der Waals surface area contributed by atoms with E-state index in [-0.39, 0.29) is 35.9 Å². The molecule has 0 aliphatic carbocycles. The molecule has 5 rings (SSSR count). The lowest BCUT2D eigenvalue weighted by Gasteiger charge is -2.17. The van der Waals surface area contributed by atoms with Gasteiger partial charge in [-0.3, -0.25) is 29.0 Å². The Morgan fingerprint density at radius 2 is 1.75 bits per heavy atom. The molecule has 1 unspecified atom stereocenters. The van der Waals surface area contributed by atoms with Crippen molar-refractivity contribution in [3.05, 3.63) is 112 Å². The second-order valence-corrected chi connectivity index (χ2v) is 10.4. The number of cyclic esters (lactones) is 1. The average molecular weight is 594 g/mol. The van der Waals surface area contributed by atoms with Crippen molar-refractivity contribution in [1.82, 2.24) is 14.9 Å². The van der Waals surface area contributed by atoms with E-state index in [9.17, 15) is 24.0 Å². The van der Waals surface area contributed by atoms with Crippen LogP contribution in [0.4, 0.5) is 11.4 Å². The van der Waals surface area contributed by atoms with Crippen LogP contribution in [0.3, 0.4) is 0 Å². The van der Waals surface area contributed by atoms with Crippen molar-refractivity contribution in [1.29, 1.82) is 0 Å². The summed E-state index contributed by atoms with van der Waals surface area (Å²) in [5.74, 6) is -1.55. The fourth-order valence-corrected chi connectivity index (χ4v) is 4.78. The Balaban J connectivity index is 1.41. The zero-order valence-electron chi connectivity index (χ0n) is 24.2. The van der Waals surface area contributed by atoms with Gasteiger partial charge < -0.3 is 25.3 Å². The molecule has 1 aliphatic heterocycles. The van der Waals surface area contributed by atoms with Crippen molar-refractivity contribution in [3.63, 3.8) is 0 Å². The van der Waals surface area contributed by atoms with E-state index in [1.807, 2.05) is 30.3 Å². The van der Waals surface area contributed by atoms with Gasteiger partial charge >= 0.3 is 5.97 Å². The van der Waals surface area contributed by atoms with E-state index >= 15 is 0 Å². The normalized spacial score (nSPS) is 14.9. The van der Waals surface area contributed by atoms with E-state index < -0.39 is 29.6 Å². The highest BCUT2D eigenvalue weighted by molar-refractivity contribution is 6.09. The van der Waals surface area contributed by atoms with Gasteiger partial charge in [-0.25, -0.2) is 0 Å². The highest BCUT2D eigenvalue weighted by Crippen LogP contribution is 2.22. The third-order valence-electron chi connectivity index (χ3n) is 7.29. The number of ketones is 1. The molecule has 1 fully saturated rings. The van der Waals surface area contributed by atoms with Crippen LogP contribution in [0.1, 0.15) is 41.3 Å². The van der Waals surface area contributed by atoms with Gasteiger partial charge in [0, 0.05) is 42.0 Å². The van der Waals surface area contributed by atoms with Crippen molar-refractivity contribution in [2.45, 2.75) is 38.5 Å². The van der Waals surface area contributed by atoms with Crippen molar-refractivity contribution in [2.24, 2.45) is 0 Å². The average Bonchev–Trinajstić information content (AvgIpc) is 3.49.